The Hall–Kier alpha value is -4.86. The Bertz CT molecular complexity index is 1500. The van der Waals surface area contributed by atoms with Gasteiger partial charge in [-0.25, -0.2) is 0 Å². The normalized spacial score (nSPS) is 11.1. The summed E-state index contributed by atoms with van der Waals surface area (Å²) in [6.45, 7) is 0.448. The fourth-order valence-electron chi connectivity index (χ4n) is 4.20. The number of carboxylic acid groups (broad SMARTS) is 1. The molecular formula is C31H27F3N2O5. The first kappa shape index (κ1) is 29.1. The van der Waals surface area contributed by atoms with Gasteiger partial charge in [0.05, 0.1) is 7.11 Å². The molecular weight excluding hydrogens is 537 g/mol. The molecule has 4 rings (SSSR count). The largest absolute Gasteiger partial charge is 0.573 e. The monoisotopic (exact) mass is 564 g/mol. The van der Waals surface area contributed by atoms with Gasteiger partial charge in [-0.1, -0.05) is 36.4 Å². The van der Waals surface area contributed by atoms with Crippen LogP contribution in [0.4, 0.5) is 18.9 Å². The summed E-state index contributed by atoms with van der Waals surface area (Å²) in [5.74, 6) is -0.790. The number of nitrogens with zero attached hydrogens (tertiary/aromatic N) is 1. The van der Waals surface area contributed by atoms with Crippen molar-refractivity contribution >= 4 is 17.4 Å². The van der Waals surface area contributed by atoms with Gasteiger partial charge < -0.3 is 19.9 Å². The first-order valence-corrected chi connectivity index (χ1v) is 12.7. The second-order valence-electron chi connectivity index (χ2n) is 9.13. The summed E-state index contributed by atoms with van der Waals surface area (Å²) < 4.78 is 47.1. The van der Waals surface area contributed by atoms with E-state index in [0.717, 1.165) is 27.9 Å². The number of carboxylic acids is 1. The molecule has 0 fully saturated rings. The molecule has 7 nitrogen and oxygen atoms in total. The van der Waals surface area contributed by atoms with Gasteiger partial charge in [0.2, 0.25) is 0 Å². The maximum atomic E-state index is 12.6. The number of rotatable bonds is 12. The molecule has 1 aromatic heterocycles. The molecule has 41 heavy (non-hydrogen) atoms. The minimum Gasteiger partial charge on any atom is -0.497 e. The molecule has 0 aliphatic heterocycles. The molecule has 2 N–H and O–H groups in total. The lowest BCUT2D eigenvalue weighted by molar-refractivity contribution is -0.274. The van der Waals surface area contributed by atoms with Crippen molar-refractivity contribution in [1.82, 2.24) is 4.98 Å². The number of nitrogens with one attached hydrogen (secondary N) is 1. The van der Waals surface area contributed by atoms with Crippen LogP contribution in [0.1, 0.15) is 35.3 Å². The summed E-state index contributed by atoms with van der Waals surface area (Å²) in [6.07, 6.45) is -2.86. The average molecular weight is 565 g/mol. The number of Topliss-reactive ketones (excluding diaryl/α,β-unsaturated/α-hetero) is 1. The number of hydrogen-bond acceptors (Lipinski definition) is 6. The van der Waals surface area contributed by atoms with E-state index >= 15 is 0 Å². The Morgan fingerprint density at radius 2 is 1.63 bits per heavy atom. The average Bonchev–Trinajstić information content (AvgIpc) is 2.95. The standard InChI is InChI=1S/C31H27F3N2O5/c1-40-25-14-10-22(27(17-25)23-11-15-28(36-19-23)29(37)6-3-7-30(38)39)18-35-24-12-8-20(9-13-24)21-4-2-5-26(16-21)41-31(32,33)34/h2,4-5,8-17,19,35H,3,6-7,18H2,1H3,(H,38,39). The molecule has 10 heteroatoms. The van der Waals surface area contributed by atoms with Crippen molar-refractivity contribution in [2.45, 2.75) is 32.2 Å². The van der Waals surface area contributed by atoms with E-state index in [2.05, 4.69) is 15.0 Å². The van der Waals surface area contributed by atoms with Crippen LogP contribution in [-0.2, 0) is 11.3 Å². The van der Waals surface area contributed by atoms with Crippen molar-refractivity contribution in [1.29, 1.82) is 0 Å². The number of carbonyl (C=O) groups excluding carboxylic acids is 1. The summed E-state index contributed by atoms with van der Waals surface area (Å²) in [5, 5.41) is 12.1. The number of ether oxygens (including phenoxy) is 2. The molecule has 0 aliphatic rings. The van der Waals surface area contributed by atoms with Crippen LogP contribution >= 0.6 is 0 Å². The van der Waals surface area contributed by atoms with Crippen molar-refractivity contribution in [2.24, 2.45) is 0 Å². The first-order chi connectivity index (χ1) is 19.6. The number of carbonyl (C=O) groups is 2. The van der Waals surface area contributed by atoms with Crippen LogP contribution < -0.4 is 14.8 Å². The van der Waals surface area contributed by atoms with Crippen molar-refractivity contribution in [3.05, 3.63) is 96.3 Å². The Labute approximate surface area is 234 Å². The third-order valence-electron chi connectivity index (χ3n) is 6.24. The molecule has 0 saturated heterocycles. The van der Waals surface area contributed by atoms with Crippen LogP contribution in [0.5, 0.6) is 11.5 Å². The van der Waals surface area contributed by atoms with Crippen LogP contribution in [-0.4, -0.2) is 35.3 Å². The molecule has 0 atom stereocenters. The van der Waals surface area contributed by atoms with Gasteiger partial charge in [-0.3, -0.25) is 14.6 Å². The number of hydrogen-bond donors (Lipinski definition) is 2. The molecule has 0 radical (unpaired) electrons. The van der Waals surface area contributed by atoms with Gasteiger partial charge in [-0.05, 0) is 71.1 Å². The van der Waals surface area contributed by atoms with E-state index in [0.29, 0.717) is 17.9 Å². The van der Waals surface area contributed by atoms with Gasteiger partial charge in [0.25, 0.3) is 0 Å². The van der Waals surface area contributed by atoms with Gasteiger partial charge in [-0.15, -0.1) is 13.2 Å². The lowest BCUT2D eigenvalue weighted by atomic mass is 9.99. The summed E-state index contributed by atoms with van der Waals surface area (Å²) in [6, 6.07) is 22.1. The highest BCUT2D eigenvalue weighted by molar-refractivity contribution is 5.94. The minimum absolute atomic E-state index is 0.0726. The number of ketones is 1. The number of benzene rings is 3. The zero-order valence-electron chi connectivity index (χ0n) is 22.1. The summed E-state index contributed by atoms with van der Waals surface area (Å²) in [7, 11) is 1.57. The Morgan fingerprint density at radius 3 is 2.29 bits per heavy atom. The Kier molecular flexibility index (Phi) is 9.23. The molecule has 0 unspecified atom stereocenters. The Balaban J connectivity index is 1.46. The number of aromatic nitrogens is 1. The van der Waals surface area contributed by atoms with E-state index < -0.39 is 12.3 Å². The van der Waals surface area contributed by atoms with Crippen LogP contribution in [0.3, 0.4) is 0 Å². The molecule has 0 spiro atoms. The smallest absolute Gasteiger partial charge is 0.497 e. The number of methoxy groups -OCH3 is 1. The summed E-state index contributed by atoms with van der Waals surface area (Å²) in [5.41, 5.74) is 4.97. The SMILES string of the molecule is COc1ccc(CNc2ccc(-c3cccc(OC(F)(F)F)c3)cc2)c(-c2ccc(C(=O)CCCC(=O)O)nc2)c1. The van der Waals surface area contributed by atoms with Crippen LogP contribution in [0.2, 0.25) is 0 Å². The number of alkyl halides is 3. The molecule has 0 saturated carbocycles. The fourth-order valence-corrected chi connectivity index (χ4v) is 4.20. The van der Waals surface area contributed by atoms with Crippen LogP contribution in [0.25, 0.3) is 22.3 Å². The molecule has 1 heterocycles. The summed E-state index contributed by atoms with van der Waals surface area (Å²) in [4.78, 5) is 27.3. The molecule has 212 valence electrons. The fraction of sp³-hybridized carbons (Fsp3) is 0.194. The van der Waals surface area contributed by atoms with Gasteiger partial charge >= 0.3 is 12.3 Å². The highest BCUT2D eigenvalue weighted by Gasteiger charge is 2.31. The first-order valence-electron chi connectivity index (χ1n) is 12.7. The topological polar surface area (TPSA) is 97.8 Å². The third-order valence-corrected chi connectivity index (χ3v) is 6.24. The molecule has 0 aliphatic carbocycles. The van der Waals surface area contributed by atoms with E-state index in [9.17, 15) is 22.8 Å². The van der Waals surface area contributed by atoms with E-state index in [1.165, 1.54) is 18.2 Å². The zero-order chi connectivity index (χ0) is 29.4. The molecule has 4 aromatic rings. The maximum Gasteiger partial charge on any atom is 0.573 e. The molecule has 0 bridgehead atoms. The number of anilines is 1. The summed E-state index contributed by atoms with van der Waals surface area (Å²) >= 11 is 0. The maximum absolute atomic E-state index is 12.6. The van der Waals surface area contributed by atoms with Crippen LogP contribution in [0, 0.1) is 0 Å². The van der Waals surface area contributed by atoms with E-state index in [4.69, 9.17) is 9.84 Å². The van der Waals surface area contributed by atoms with E-state index in [-0.39, 0.29) is 36.5 Å². The zero-order valence-corrected chi connectivity index (χ0v) is 22.1. The highest BCUT2D eigenvalue weighted by Crippen LogP contribution is 2.31. The second-order valence-corrected chi connectivity index (χ2v) is 9.13. The van der Waals surface area contributed by atoms with Crippen molar-refractivity contribution < 1.29 is 37.3 Å². The lowest BCUT2D eigenvalue weighted by Crippen LogP contribution is -2.17. The molecule has 0 amide bonds. The quantitative estimate of drug-likeness (QED) is 0.173. The predicted octanol–water partition coefficient (Wildman–Crippen LogP) is 7.37. The van der Waals surface area contributed by atoms with Crippen molar-refractivity contribution in [3.8, 4) is 33.8 Å². The molecule has 3 aromatic carbocycles. The van der Waals surface area contributed by atoms with Gasteiger partial charge in [0.1, 0.15) is 17.2 Å². The lowest BCUT2D eigenvalue weighted by Gasteiger charge is -2.14. The van der Waals surface area contributed by atoms with E-state index in [1.54, 1.807) is 43.6 Å². The number of pyridine rings is 1. The Morgan fingerprint density at radius 1 is 0.878 bits per heavy atom. The minimum atomic E-state index is -4.76. The third kappa shape index (κ3) is 8.31. The predicted molar refractivity (Wildman–Crippen MR) is 148 cm³/mol. The highest BCUT2D eigenvalue weighted by atomic mass is 19.4. The van der Waals surface area contributed by atoms with Crippen molar-refractivity contribution in [3.63, 3.8) is 0 Å². The van der Waals surface area contributed by atoms with Gasteiger partial charge in [0, 0.05) is 36.8 Å². The van der Waals surface area contributed by atoms with Crippen LogP contribution in [0.15, 0.2) is 85.1 Å². The second kappa shape index (κ2) is 13.0. The van der Waals surface area contributed by atoms with Crippen molar-refractivity contribution in [2.75, 3.05) is 12.4 Å². The van der Waals surface area contributed by atoms with Gasteiger partial charge in [-0.2, -0.15) is 0 Å². The van der Waals surface area contributed by atoms with Gasteiger partial charge in [0.15, 0.2) is 5.78 Å². The van der Waals surface area contributed by atoms with E-state index in [1.807, 2.05) is 30.3 Å². The number of aliphatic carboxylic acids is 1. The number of halogens is 3.